The molecule has 102 valence electrons. The number of nitriles is 1. The van der Waals surface area contributed by atoms with E-state index in [-0.39, 0.29) is 5.57 Å². The van der Waals surface area contributed by atoms with Crippen LogP contribution in [0, 0.1) is 11.3 Å². The Labute approximate surface area is 123 Å². The van der Waals surface area contributed by atoms with Gasteiger partial charge >= 0.3 is 5.97 Å². The normalized spacial score (nSPS) is 10.5. The van der Waals surface area contributed by atoms with Gasteiger partial charge in [0.25, 0.3) is 0 Å². The Bertz CT molecular complexity index is 681. The first kappa shape index (κ1) is 14.3. The maximum atomic E-state index is 10.9. The van der Waals surface area contributed by atoms with Crippen molar-refractivity contribution < 1.29 is 9.90 Å². The Balaban J connectivity index is 2.53. The molecule has 1 N–H and O–H groups in total. The van der Waals surface area contributed by atoms with Crippen molar-refractivity contribution in [1.82, 2.24) is 0 Å². The van der Waals surface area contributed by atoms with Crippen molar-refractivity contribution in [2.75, 3.05) is 0 Å². The number of carboxylic acid groups (broad SMARTS) is 1. The molecule has 2 aromatic rings. The van der Waals surface area contributed by atoms with Gasteiger partial charge in [-0.15, -0.1) is 0 Å². The second-order valence-corrected chi connectivity index (χ2v) is 4.31. The molecule has 3 heteroatoms. The lowest BCUT2D eigenvalue weighted by atomic mass is 9.97. The molecule has 0 aliphatic rings. The lowest BCUT2D eigenvalue weighted by Gasteiger charge is -2.07. The van der Waals surface area contributed by atoms with Crippen molar-refractivity contribution >= 4 is 11.5 Å². The summed E-state index contributed by atoms with van der Waals surface area (Å²) in [4.78, 5) is 10.9. The lowest BCUT2D eigenvalue weighted by Crippen LogP contribution is -1.97. The minimum atomic E-state index is -1.23. The third-order valence-electron chi connectivity index (χ3n) is 2.94. The highest BCUT2D eigenvalue weighted by Crippen LogP contribution is 2.23. The molecule has 21 heavy (non-hydrogen) atoms. The molecular formula is C18H13NO2. The molecule has 0 saturated carbocycles. The van der Waals surface area contributed by atoms with E-state index in [1.54, 1.807) is 12.1 Å². The number of allylic oxidation sites excluding steroid dienone is 2. The molecule has 0 aromatic heterocycles. The molecule has 3 nitrogen and oxygen atoms in total. The average molecular weight is 275 g/mol. The summed E-state index contributed by atoms with van der Waals surface area (Å²) in [6, 6.07) is 20.9. The maximum Gasteiger partial charge on any atom is 0.346 e. The van der Waals surface area contributed by atoms with Crippen molar-refractivity contribution in [3.8, 4) is 6.07 Å². The first-order valence-corrected chi connectivity index (χ1v) is 6.38. The monoisotopic (exact) mass is 275 g/mol. The third-order valence-corrected chi connectivity index (χ3v) is 2.94. The third kappa shape index (κ3) is 3.68. The van der Waals surface area contributed by atoms with E-state index in [9.17, 15) is 4.79 Å². The lowest BCUT2D eigenvalue weighted by molar-refractivity contribution is -0.132. The molecule has 0 bridgehead atoms. The summed E-state index contributed by atoms with van der Waals surface area (Å²) in [7, 11) is 0. The molecule has 2 aromatic carbocycles. The van der Waals surface area contributed by atoms with Crippen LogP contribution in [-0.2, 0) is 4.79 Å². The van der Waals surface area contributed by atoms with Gasteiger partial charge in [0.05, 0.1) is 0 Å². The average Bonchev–Trinajstić information content (AvgIpc) is 2.53. The topological polar surface area (TPSA) is 61.1 Å². The number of carboxylic acids is 1. The molecule has 0 aliphatic carbocycles. The van der Waals surface area contributed by atoms with E-state index < -0.39 is 5.97 Å². The zero-order valence-electron chi connectivity index (χ0n) is 11.2. The van der Waals surface area contributed by atoms with Crippen molar-refractivity contribution in [1.29, 1.82) is 5.26 Å². The zero-order chi connectivity index (χ0) is 15.1. The minimum Gasteiger partial charge on any atom is -0.477 e. The molecule has 0 atom stereocenters. The fraction of sp³-hybridized carbons (Fsp3) is 0. The standard InChI is InChI=1S/C18H13NO2/c19-13-16(18(20)21)11-12-17(14-7-3-1-4-8-14)15-9-5-2-6-10-15/h1-12H,(H,20,21)/b16-11-. The fourth-order valence-electron chi connectivity index (χ4n) is 1.92. The Morgan fingerprint density at radius 3 is 1.76 bits per heavy atom. The van der Waals surface area contributed by atoms with E-state index in [2.05, 4.69) is 0 Å². The first-order chi connectivity index (χ1) is 10.2. The number of hydrogen-bond acceptors (Lipinski definition) is 2. The van der Waals surface area contributed by atoms with E-state index in [0.29, 0.717) is 0 Å². The van der Waals surface area contributed by atoms with Gasteiger partial charge in [0.1, 0.15) is 11.6 Å². The van der Waals surface area contributed by atoms with Crippen molar-refractivity contribution in [3.05, 3.63) is 89.5 Å². The van der Waals surface area contributed by atoms with Gasteiger partial charge in [0.15, 0.2) is 0 Å². The van der Waals surface area contributed by atoms with Gasteiger partial charge in [0, 0.05) is 0 Å². The van der Waals surface area contributed by atoms with E-state index in [0.717, 1.165) is 16.7 Å². The minimum absolute atomic E-state index is 0.292. The summed E-state index contributed by atoms with van der Waals surface area (Å²) in [5.41, 5.74) is 2.50. The Kier molecular flexibility index (Phi) is 4.68. The van der Waals surface area contributed by atoms with Crippen LogP contribution in [0.1, 0.15) is 11.1 Å². The predicted octanol–water partition coefficient (Wildman–Crippen LogP) is 3.65. The molecule has 2 rings (SSSR count). The Hall–Kier alpha value is -3.12. The van der Waals surface area contributed by atoms with Crippen LogP contribution < -0.4 is 0 Å². The molecule has 0 unspecified atom stereocenters. The van der Waals surface area contributed by atoms with Crippen LogP contribution in [0.25, 0.3) is 5.57 Å². The Morgan fingerprint density at radius 2 is 1.38 bits per heavy atom. The smallest absolute Gasteiger partial charge is 0.346 e. The molecular weight excluding hydrogens is 262 g/mol. The summed E-state index contributed by atoms with van der Waals surface area (Å²) in [6.07, 6.45) is 3.00. The summed E-state index contributed by atoms with van der Waals surface area (Å²) >= 11 is 0. The number of rotatable bonds is 4. The van der Waals surface area contributed by atoms with Crippen LogP contribution in [0.2, 0.25) is 0 Å². The maximum absolute atomic E-state index is 10.9. The molecule has 0 saturated heterocycles. The molecule has 0 amide bonds. The van der Waals surface area contributed by atoms with Gasteiger partial charge < -0.3 is 5.11 Å². The first-order valence-electron chi connectivity index (χ1n) is 6.38. The number of benzene rings is 2. The summed E-state index contributed by atoms with van der Waals surface area (Å²) in [5, 5.41) is 17.7. The van der Waals surface area contributed by atoms with Gasteiger partial charge in [0.2, 0.25) is 0 Å². The SMILES string of the molecule is N#C/C(=C/C=C(c1ccccc1)c1ccccc1)C(=O)O. The van der Waals surface area contributed by atoms with Crippen LogP contribution in [0.15, 0.2) is 78.4 Å². The number of carbonyl (C=O) groups is 1. The van der Waals surface area contributed by atoms with E-state index in [4.69, 9.17) is 10.4 Å². The van der Waals surface area contributed by atoms with E-state index >= 15 is 0 Å². The molecule has 0 fully saturated rings. The second-order valence-electron chi connectivity index (χ2n) is 4.31. The van der Waals surface area contributed by atoms with Gasteiger partial charge in [-0.2, -0.15) is 5.26 Å². The molecule has 0 radical (unpaired) electrons. The van der Waals surface area contributed by atoms with Crippen LogP contribution >= 0.6 is 0 Å². The highest BCUT2D eigenvalue weighted by Gasteiger charge is 2.06. The van der Waals surface area contributed by atoms with Gasteiger partial charge in [-0.3, -0.25) is 0 Å². The summed E-state index contributed by atoms with van der Waals surface area (Å²) < 4.78 is 0. The van der Waals surface area contributed by atoms with Gasteiger partial charge in [-0.1, -0.05) is 66.7 Å². The summed E-state index contributed by atoms with van der Waals surface area (Å²) in [6.45, 7) is 0. The number of nitrogens with zero attached hydrogens (tertiary/aromatic N) is 1. The highest BCUT2D eigenvalue weighted by molar-refractivity contribution is 5.92. The van der Waals surface area contributed by atoms with Crippen LogP contribution in [0.3, 0.4) is 0 Å². The number of aliphatic carboxylic acids is 1. The Morgan fingerprint density at radius 1 is 0.905 bits per heavy atom. The molecule has 0 aliphatic heterocycles. The molecule has 0 spiro atoms. The van der Waals surface area contributed by atoms with Crippen molar-refractivity contribution in [2.24, 2.45) is 0 Å². The quantitative estimate of drug-likeness (QED) is 0.526. The van der Waals surface area contributed by atoms with E-state index in [1.165, 1.54) is 6.08 Å². The highest BCUT2D eigenvalue weighted by atomic mass is 16.4. The predicted molar refractivity (Wildman–Crippen MR) is 81.3 cm³/mol. The van der Waals surface area contributed by atoms with Crippen molar-refractivity contribution in [2.45, 2.75) is 0 Å². The van der Waals surface area contributed by atoms with Gasteiger partial charge in [-0.05, 0) is 22.8 Å². The zero-order valence-corrected chi connectivity index (χ0v) is 11.2. The largest absolute Gasteiger partial charge is 0.477 e. The summed E-state index contributed by atoms with van der Waals surface area (Å²) in [5.74, 6) is -1.23. The molecule has 0 heterocycles. The van der Waals surface area contributed by atoms with E-state index in [1.807, 2.05) is 60.7 Å². The van der Waals surface area contributed by atoms with Crippen LogP contribution in [0.4, 0.5) is 0 Å². The van der Waals surface area contributed by atoms with Crippen LogP contribution in [-0.4, -0.2) is 11.1 Å². The van der Waals surface area contributed by atoms with Crippen molar-refractivity contribution in [3.63, 3.8) is 0 Å². The second kappa shape index (κ2) is 6.88. The number of hydrogen-bond donors (Lipinski definition) is 1. The fourth-order valence-corrected chi connectivity index (χ4v) is 1.92. The van der Waals surface area contributed by atoms with Gasteiger partial charge in [-0.25, -0.2) is 4.79 Å². The van der Waals surface area contributed by atoms with Crippen LogP contribution in [0.5, 0.6) is 0 Å².